The zero-order valence-corrected chi connectivity index (χ0v) is 12.4. The van der Waals surface area contributed by atoms with Crippen molar-refractivity contribution >= 4 is 28.3 Å². The minimum absolute atomic E-state index is 0.0467. The van der Waals surface area contributed by atoms with Gasteiger partial charge in [-0.05, 0) is 6.07 Å². The Kier molecular flexibility index (Phi) is 4.98. The Hall–Kier alpha value is -1.59. The van der Waals surface area contributed by atoms with Crippen molar-refractivity contribution in [3.8, 4) is 0 Å². The first kappa shape index (κ1) is 14.8. The monoisotopic (exact) mass is 295 g/mol. The van der Waals surface area contributed by atoms with Crippen LogP contribution in [0.3, 0.4) is 0 Å². The maximum Gasteiger partial charge on any atom is 0.191 e. The molecule has 0 aromatic carbocycles. The third-order valence-electron chi connectivity index (χ3n) is 3.04. The molecule has 5 nitrogen and oxygen atoms in total. The van der Waals surface area contributed by atoms with Crippen LogP contribution in [-0.4, -0.2) is 36.3 Å². The van der Waals surface area contributed by atoms with E-state index in [1.807, 2.05) is 13.8 Å². The minimum Gasteiger partial charge on any atom is -0.378 e. The summed E-state index contributed by atoms with van der Waals surface area (Å²) in [5.74, 6) is 0.769. The van der Waals surface area contributed by atoms with Crippen LogP contribution in [0.15, 0.2) is 23.1 Å². The van der Waals surface area contributed by atoms with Crippen LogP contribution >= 0.6 is 11.6 Å². The predicted octanol–water partition coefficient (Wildman–Crippen LogP) is 2.44. The topological polar surface area (TPSA) is 58.2 Å². The fraction of sp³-hybridized carbons (Fsp3) is 0.429. The van der Waals surface area contributed by atoms with Gasteiger partial charge in [0.25, 0.3) is 0 Å². The normalized spacial score (nSPS) is 14.8. The largest absolute Gasteiger partial charge is 0.378 e. The number of aromatic nitrogens is 2. The van der Waals surface area contributed by atoms with Crippen molar-refractivity contribution in [2.75, 3.05) is 31.2 Å². The molecule has 3 rings (SSSR count). The van der Waals surface area contributed by atoms with E-state index in [2.05, 4.69) is 14.9 Å². The van der Waals surface area contributed by atoms with E-state index >= 15 is 0 Å². The van der Waals surface area contributed by atoms with E-state index in [-0.39, 0.29) is 5.43 Å². The third-order valence-corrected chi connectivity index (χ3v) is 3.33. The molecule has 1 N–H and O–H groups in total. The number of pyridine rings is 2. The van der Waals surface area contributed by atoms with Gasteiger partial charge >= 0.3 is 0 Å². The molecule has 0 saturated carbocycles. The van der Waals surface area contributed by atoms with Crippen molar-refractivity contribution < 1.29 is 4.74 Å². The lowest BCUT2D eigenvalue weighted by molar-refractivity contribution is 0.122. The molecule has 108 valence electrons. The summed E-state index contributed by atoms with van der Waals surface area (Å²) in [4.78, 5) is 21.3. The summed E-state index contributed by atoms with van der Waals surface area (Å²) < 4.78 is 5.29. The van der Waals surface area contributed by atoms with Crippen LogP contribution in [0.1, 0.15) is 13.8 Å². The molecule has 0 unspecified atom stereocenters. The van der Waals surface area contributed by atoms with Gasteiger partial charge in [-0.1, -0.05) is 25.4 Å². The van der Waals surface area contributed by atoms with Crippen LogP contribution < -0.4 is 10.3 Å². The Labute approximate surface area is 122 Å². The molecule has 0 amide bonds. The molecule has 3 heterocycles. The van der Waals surface area contributed by atoms with Crippen LogP contribution in [0.25, 0.3) is 10.9 Å². The molecule has 1 saturated heterocycles. The van der Waals surface area contributed by atoms with E-state index in [1.165, 1.54) is 6.20 Å². The number of rotatable bonds is 1. The molecule has 1 aliphatic rings. The standard InChI is InChI=1S/C12H12ClN3O2.C2H6/c13-12-11-8(1-2-14-12)9(17)7-10(15-11)16-3-5-18-6-4-16;1-2/h1-2,7H,3-6H2,(H,15,17);1-2H3. The zero-order chi connectivity index (χ0) is 14.5. The second-order valence-corrected chi connectivity index (χ2v) is 4.50. The lowest BCUT2D eigenvalue weighted by Gasteiger charge is -2.28. The number of halogens is 1. The second-order valence-electron chi connectivity index (χ2n) is 4.14. The molecule has 1 aliphatic heterocycles. The van der Waals surface area contributed by atoms with Crippen molar-refractivity contribution in [3.63, 3.8) is 0 Å². The number of aromatic amines is 1. The fourth-order valence-electron chi connectivity index (χ4n) is 2.10. The molecule has 0 radical (unpaired) electrons. The molecule has 0 aliphatic carbocycles. The van der Waals surface area contributed by atoms with Crippen LogP contribution in [0.5, 0.6) is 0 Å². The average Bonchev–Trinajstić information content (AvgIpc) is 2.51. The van der Waals surface area contributed by atoms with Crippen molar-refractivity contribution in [2.45, 2.75) is 13.8 Å². The van der Waals surface area contributed by atoms with E-state index < -0.39 is 0 Å². The van der Waals surface area contributed by atoms with E-state index in [1.54, 1.807) is 12.1 Å². The Morgan fingerprint density at radius 1 is 1.35 bits per heavy atom. The quantitative estimate of drug-likeness (QED) is 0.821. The molecule has 0 spiro atoms. The van der Waals surface area contributed by atoms with Gasteiger partial charge < -0.3 is 14.6 Å². The lowest BCUT2D eigenvalue weighted by Crippen LogP contribution is -2.37. The summed E-state index contributed by atoms with van der Waals surface area (Å²) in [6, 6.07) is 3.27. The molecule has 0 bridgehead atoms. The fourth-order valence-corrected chi connectivity index (χ4v) is 2.31. The average molecular weight is 296 g/mol. The highest BCUT2D eigenvalue weighted by molar-refractivity contribution is 6.33. The van der Waals surface area contributed by atoms with E-state index in [0.717, 1.165) is 18.9 Å². The Morgan fingerprint density at radius 2 is 2.05 bits per heavy atom. The van der Waals surface area contributed by atoms with Crippen LogP contribution in [0.2, 0.25) is 5.15 Å². The number of ether oxygens (including phenoxy) is 1. The van der Waals surface area contributed by atoms with Gasteiger partial charge in [-0.25, -0.2) is 4.98 Å². The molecular weight excluding hydrogens is 278 g/mol. The summed E-state index contributed by atoms with van der Waals surface area (Å²) in [7, 11) is 0. The van der Waals surface area contributed by atoms with E-state index in [0.29, 0.717) is 29.3 Å². The van der Waals surface area contributed by atoms with Crippen LogP contribution in [0.4, 0.5) is 5.82 Å². The summed E-state index contributed by atoms with van der Waals surface area (Å²) in [5.41, 5.74) is 0.544. The summed E-state index contributed by atoms with van der Waals surface area (Å²) in [6.45, 7) is 6.86. The smallest absolute Gasteiger partial charge is 0.191 e. The number of fused-ring (bicyclic) bond motifs is 1. The van der Waals surface area contributed by atoms with Crippen molar-refractivity contribution in [1.29, 1.82) is 0 Å². The van der Waals surface area contributed by atoms with Crippen molar-refractivity contribution in [2.24, 2.45) is 0 Å². The number of nitrogens with one attached hydrogen (secondary N) is 1. The molecule has 2 aromatic heterocycles. The van der Waals surface area contributed by atoms with Gasteiger partial charge in [-0.3, -0.25) is 4.79 Å². The van der Waals surface area contributed by atoms with Gasteiger partial charge in [-0.2, -0.15) is 0 Å². The number of H-pyrrole nitrogens is 1. The number of morpholine rings is 1. The predicted molar refractivity (Wildman–Crippen MR) is 81.8 cm³/mol. The van der Waals surface area contributed by atoms with Crippen molar-refractivity contribution in [3.05, 3.63) is 33.7 Å². The number of nitrogens with zero attached hydrogens (tertiary/aromatic N) is 2. The van der Waals surface area contributed by atoms with Gasteiger partial charge in [0.1, 0.15) is 5.82 Å². The number of hydrogen-bond donors (Lipinski definition) is 1. The van der Waals surface area contributed by atoms with Gasteiger partial charge in [0.15, 0.2) is 10.6 Å². The summed E-state index contributed by atoms with van der Waals surface area (Å²) in [5, 5.41) is 0.881. The summed E-state index contributed by atoms with van der Waals surface area (Å²) in [6.07, 6.45) is 1.54. The SMILES string of the molecule is CC.O=c1cc(N2CCOCC2)[nH]c2c(Cl)nccc12. The molecule has 0 atom stereocenters. The van der Waals surface area contributed by atoms with Gasteiger partial charge in [-0.15, -0.1) is 0 Å². The van der Waals surface area contributed by atoms with Gasteiger partial charge in [0.2, 0.25) is 0 Å². The first-order valence-electron chi connectivity index (χ1n) is 6.76. The number of anilines is 1. The van der Waals surface area contributed by atoms with Gasteiger partial charge in [0.05, 0.1) is 24.1 Å². The minimum atomic E-state index is -0.0467. The molecule has 20 heavy (non-hydrogen) atoms. The third kappa shape index (κ3) is 2.94. The Balaban J connectivity index is 0.000000704. The second kappa shape index (κ2) is 6.72. The number of hydrogen-bond acceptors (Lipinski definition) is 4. The van der Waals surface area contributed by atoms with Crippen LogP contribution in [0, 0.1) is 0 Å². The maximum absolute atomic E-state index is 12.0. The molecular formula is C14H18ClN3O2. The van der Waals surface area contributed by atoms with E-state index in [9.17, 15) is 4.79 Å². The molecule has 2 aromatic rings. The Morgan fingerprint density at radius 3 is 2.75 bits per heavy atom. The van der Waals surface area contributed by atoms with Crippen LogP contribution in [-0.2, 0) is 4.74 Å². The molecule has 1 fully saturated rings. The lowest BCUT2D eigenvalue weighted by atomic mass is 10.2. The first-order chi connectivity index (χ1) is 9.75. The summed E-state index contributed by atoms with van der Waals surface area (Å²) >= 11 is 6.02. The molecule has 6 heteroatoms. The highest BCUT2D eigenvalue weighted by Gasteiger charge is 2.14. The maximum atomic E-state index is 12.0. The highest BCUT2D eigenvalue weighted by atomic mass is 35.5. The first-order valence-corrected chi connectivity index (χ1v) is 7.14. The Bertz CT molecular complexity index is 636. The zero-order valence-electron chi connectivity index (χ0n) is 11.6. The van der Waals surface area contributed by atoms with Gasteiger partial charge in [0, 0.05) is 25.4 Å². The highest BCUT2D eigenvalue weighted by Crippen LogP contribution is 2.20. The van der Waals surface area contributed by atoms with Crippen molar-refractivity contribution in [1.82, 2.24) is 9.97 Å². The van der Waals surface area contributed by atoms with E-state index in [4.69, 9.17) is 16.3 Å².